The van der Waals surface area contributed by atoms with Crippen LogP contribution in [0.2, 0.25) is 0 Å². The van der Waals surface area contributed by atoms with E-state index in [1.807, 2.05) is 58.0 Å². The highest BCUT2D eigenvalue weighted by atomic mass is 79.9. The van der Waals surface area contributed by atoms with E-state index in [9.17, 15) is 0 Å². The molecule has 2 aromatic carbocycles. The summed E-state index contributed by atoms with van der Waals surface area (Å²) in [6.45, 7) is 12.2. The fourth-order valence-electron chi connectivity index (χ4n) is 2.46. The van der Waals surface area contributed by atoms with Gasteiger partial charge in [0.15, 0.2) is 10.2 Å². The standard InChI is InChI=1S/C12H18N2OS.C8H9BrN2S.C2H6/c1-7(2)9-6-10(14-12(13)16)8(3)5-11(9)15-4;1-5-2-3-6(9)4-7(5)11-8(10)12;1-2/h5-7H,1-4H3,(H3,13,14,16);2-4H,1H3,(H3,10,11,12);1-2H3. The molecule has 0 saturated carbocycles. The number of benzene rings is 2. The average Bonchev–Trinajstić information content (AvgIpc) is 2.67. The first-order valence-electron chi connectivity index (χ1n) is 9.62. The van der Waals surface area contributed by atoms with E-state index in [1.54, 1.807) is 7.11 Å². The number of thiocarbonyl (C=S) groups is 2. The van der Waals surface area contributed by atoms with Crippen molar-refractivity contribution in [2.75, 3.05) is 17.7 Å². The lowest BCUT2D eigenvalue weighted by molar-refractivity contribution is 0.407. The van der Waals surface area contributed by atoms with Crippen LogP contribution in [0.25, 0.3) is 0 Å². The monoisotopic (exact) mass is 512 g/mol. The van der Waals surface area contributed by atoms with Crippen molar-refractivity contribution in [1.82, 2.24) is 0 Å². The molecule has 0 aliphatic rings. The molecule has 0 radical (unpaired) electrons. The van der Waals surface area contributed by atoms with Crippen LogP contribution in [-0.2, 0) is 0 Å². The highest BCUT2D eigenvalue weighted by molar-refractivity contribution is 9.10. The molecule has 2 aromatic rings. The first kappa shape index (κ1) is 28.1. The Morgan fingerprint density at radius 2 is 1.43 bits per heavy atom. The lowest BCUT2D eigenvalue weighted by Gasteiger charge is -2.16. The number of aryl methyl sites for hydroxylation is 2. The summed E-state index contributed by atoms with van der Waals surface area (Å²) in [4.78, 5) is 0. The van der Waals surface area contributed by atoms with Crippen molar-refractivity contribution in [3.8, 4) is 5.75 Å². The molecule has 0 spiro atoms. The zero-order chi connectivity index (χ0) is 23.4. The SMILES string of the molecule is CC.COc1cc(C)c(NC(N)=S)cc1C(C)C.Cc1ccc(Br)cc1NC(N)=S. The van der Waals surface area contributed by atoms with Crippen molar-refractivity contribution in [3.63, 3.8) is 0 Å². The van der Waals surface area contributed by atoms with Crippen LogP contribution in [0.5, 0.6) is 5.75 Å². The van der Waals surface area contributed by atoms with Gasteiger partial charge in [-0.25, -0.2) is 0 Å². The van der Waals surface area contributed by atoms with Crippen LogP contribution in [-0.4, -0.2) is 17.3 Å². The zero-order valence-electron chi connectivity index (χ0n) is 18.7. The molecule has 5 nitrogen and oxygen atoms in total. The molecule has 2 rings (SSSR count). The Labute approximate surface area is 200 Å². The second-order valence-electron chi connectivity index (χ2n) is 6.50. The highest BCUT2D eigenvalue weighted by Crippen LogP contribution is 2.31. The van der Waals surface area contributed by atoms with E-state index in [1.165, 1.54) is 0 Å². The van der Waals surface area contributed by atoms with Crippen molar-refractivity contribution in [2.45, 2.75) is 47.5 Å². The highest BCUT2D eigenvalue weighted by Gasteiger charge is 2.11. The first-order chi connectivity index (χ1) is 14.0. The van der Waals surface area contributed by atoms with Gasteiger partial charge in [0.05, 0.1) is 7.11 Å². The maximum atomic E-state index is 5.48. The number of halogens is 1. The van der Waals surface area contributed by atoms with Gasteiger partial charge in [-0.1, -0.05) is 49.7 Å². The van der Waals surface area contributed by atoms with E-state index >= 15 is 0 Å². The number of hydrogen-bond acceptors (Lipinski definition) is 3. The molecule has 0 aromatic heterocycles. The number of methoxy groups -OCH3 is 1. The summed E-state index contributed by atoms with van der Waals surface area (Å²) < 4.78 is 6.36. The van der Waals surface area contributed by atoms with Gasteiger partial charge in [0.2, 0.25) is 0 Å². The average molecular weight is 514 g/mol. The molecule has 166 valence electrons. The smallest absolute Gasteiger partial charge is 0.168 e. The summed E-state index contributed by atoms with van der Waals surface area (Å²) in [5, 5.41) is 6.44. The lowest BCUT2D eigenvalue weighted by atomic mass is 9.99. The fraction of sp³-hybridized carbons (Fsp3) is 0.364. The molecule has 0 aliphatic heterocycles. The Morgan fingerprint density at radius 1 is 0.933 bits per heavy atom. The molecule has 6 N–H and O–H groups in total. The summed E-state index contributed by atoms with van der Waals surface area (Å²) in [5.41, 5.74) is 16.0. The summed E-state index contributed by atoms with van der Waals surface area (Å²) in [5.74, 6) is 1.29. The van der Waals surface area contributed by atoms with Crippen LogP contribution >= 0.6 is 40.4 Å². The topological polar surface area (TPSA) is 85.3 Å². The van der Waals surface area contributed by atoms with Crippen molar-refractivity contribution < 1.29 is 4.74 Å². The Hall–Kier alpha value is -1.90. The van der Waals surface area contributed by atoms with E-state index < -0.39 is 0 Å². The maximum absolute atomic E-state index is 5.48. The van der Waals surface area contributed by atoms with Crippen LogP contribution < -0.4 is 26.8 Å². The third-order valence-corrected chi connectivity index (χ3v) is 4.61. The Morgan fingerprint density at radius 3 is 1.87 bits per heavy atom. The third kappa shape index (κ3) is 9.73. The van der Waals surface area contributed by atoms with Crippen LogP contribution in [0.15, 0.2) is 34.8 Å². The van der Waals surface area contributed by atoms with E-state index in [-0.39, 0.29) is 10.2 Å². The predicted molar refractivity (Wildman–Crippen MR) is 143 cm³/mol. The minimum atomic E-state index is 0.281. The molecule has 0 fully saturated rings. The van der Waals surface area contributed by atoms with Crippen LogP contribution in [0.3, 0.4) is 0 Å². The number of ether oxygens (including phenoxy) is 1. The first-order valence-corrected chi connectivity index (χ1v) is 11.2. The van der Waals surface area contributed by atoms with E-state index in [4.69, 9.17) is 40.6 Å². The fourth-order valence-corrected chi connectivity index (χ4v) is 3.04. The van der Waals surface area contributed by atoms with Crippen LogP contribution in [0.4, 0.5) is 11.4 Å². The lowest BCUT2D eigenvalue weighted by Crippen LogP contribution is -2.19. The second-order valence-corrected chi connectivity index (χ2v) is 8.30. The largest absolute Gasteiger partial charge is 0.496 e. The minimum absolute atomic E-state index is 0.281. The van der Waals surface area contributed by atoms with Crippen molar-refractivity contribution in [3.05, 3.63) is 51.5 Å². The summed E-state index contributed by atoms with van der Waals surface area (Å²) in [6, 6.07) is 9.94. The van der Waals surface area contributed by atoms with Crippen LogP contribution in [0, 0.1) is 13.8 Å². The van der Waals surface area contributed by atoms with Gasteiger partial charge in [0.1, 0.15) is 5.75 Å². The number of hydrogen-bond donors (Lipinski definition) is 4. The Bertz CT molecular complexity index is 857. The molecule has 0 heterocycles. The normalized spacial score (nSPS) is 9.50. The number of anilines is 2. The van der Waals surface area contributed by atoms with Gasteiger partial charge in [0.25, 0.3) is 0 Å². The van der Waals surface area contributed by atoms with Crippen molar-refractivity contribution in [2.24, 2.45) is 11.5 Å². The van der Waals surface area contributed by atoms with E-state index in [0.717, 1.165) is 38.3 Å². The zero-order valence-corrected chi connectivity index (χ0v) is 21.9. The molecule has 8 heteroatoms. The maximum Gasteiger partial charge on any atom is 0.168 e. The second kappa shape index (κ2) is 14.2. The number of rotatable bonds is 4. The number of nitrogens with two attached hydrogens (primary N) is 2. The van der Waals surface area contributed by atoms with Gasteiger partial charge in [-0.2, -0.15) is 0 Å². The predicted octanol–water partition coefficient (Wildman–Crippen LogP) is 6.22. The molecule has 0 saturated heterocycles. The summed E-state index contributed by atoms with van der Waals surface area (Å²) in [7, 11) is 1.68. The summed E-state index contributed by atoms with van der Waals surface area (Å²) in [6.07, 6.45) is 0. The van der Waals surface area contributed by atoms with E-state index in [0.29, 0.717) is 5.92 Å². The molecule has 30 heavy (non-hydrogen) atoms. The molecule has 0 aliphatic carbocycles. The molecule has 0 bridgehead atoms. The Kier molecular flexibility index (Phi) is 13.3. The number of nitrogens with one attached hydrogen (secondary N) is 2. The van der Waals surface area contributed by atoms with Gasteiger partial charge in [0, 0.05) is 15.8 Å². The molecule has 0 atom stereocenters. The van der Waals surface area contributed by atoms with E-state index in [2.05, 4.69) is 40.4 Å². The molecule has 0 unspecified atom stereocenters. The van der Waals surface area contributed by atoms with Crippen molar-refractivity contribution >= 4 is 62.0 Å². The van der Waals surface area contributed by atoms with Gasteiger partial charge in [-0.3, -0.25) is 0 Å². The third-order valence-electron chi connectivity index (χ3n) is 3.91. The van der Waals surface area contributed by atoms with Crippen LogP contribution in [0.1, 0.15) is 50.3 Å². The van der Waals surface area contributed by atoms with Gasteiger partial charge in [-0.05, 0) is 85.2 Å². The van der Waals surface area contributed by atoms with Gasteiger partial charge >= 0.3 is 0 Å². The quantitative estimate of drug-likeness (QED) is 0.361. The summed E-state index contributed by atoms with van der Waals surface area (Å²) >= 11 is 12.9. The minimum Gasteiger partial charge on any atom is -0.496 e. The van der Waals surface area contributed by atoms with Gasteiger partial charge < -0.3 is 26.8 Å². The molecule has 0 amide bonds. The molecular weight excluding hydrogens is 480 g/mol. The van der Waals surface area contributed by atoms with Gasteiger partial charge in [-0.15, -0.1) is 0 Å². The molecular formula is C22H33BrN4OS2. The Balaban J connectivity index is 0.000000535. The van der Waals surface area contributed by atoms with Crippen molar-refractivity contribution in [1.29, 1.82) is 0 Å².